The molecule has 0 unspecified atom stereocenters. The van der Waals surface area contributed by atoms with Crippen LogP contribution in [0.1, 0.15) is 5.56 Å². The monoisotopic (exact) mass is 324 g/mol. The number of anilines is 2. The predicted molar refractivity (Wildman–Crippen MR) is 73.5 cm³/mol. The minimum Gasteiger partial charge on any atom is -0.353 e. The Balaban J connectivity index is 2.29. The maximum Gasteiger partial charge on any atom is 0.148 e. The Hall–Kier alpha value is -1.57. The first-order chi connectivity index (χ1) is 8.60. The van der Waals surface area contributed by atoms with Crippen LogP contribution in [-0.4, -0.2) is 0 Å². The molecule has 0 aliphatic rings. The van der Waals surface area contributed by atoms with Crippen molar-refractivity contribution in [2.45, 2.75) is 0 Å². The molecule has 0 amide bonds. The van der Waals surface area contributed by atoms with Gasteiger partial charge >= 0.3 is 0 Å². The van der Waals surface area contributed by atoms with Crippen LogP contribution in [0.4, 0.5) is 15.8 Å². The molecule has 0 aromatic heterocycles. The molecule has 18 heavy (non-hydrogen) atoms. The number of nitriles is 1. The molecule has 2 nitrogen and oxygen atoms in total. The minimum absolute atomic E-state index is 0.330. The van der Waals surface area contributed by atoms with Crippen molar-refractivity contribution in [2.75, 3.05) is 5.32 Å². The zero-order chi connectivity index (χ0) is 13.1. The van der Waals surface area contributed by atoms with Gasteiger partial charge in [0.15, 0.2) is 0 Å². The van der Waals surface area contributed by atoms with Gasteiger partial charge in [-0.05, 0) is 52.3 Å². The number of halogens is 3. The summed E-state index contributed by atoms with van der Waals surface area (Å²) in [6.45, 7) is 0. The maximum absolute atomic E-state index is 13.6. The maximum atomic E-state index is 13.6. The Morgan fingerprint density at radius 3 is 2.61 bits per heavy atom. The lowest BCUT2D eigenvalue weighted by molar-refractivity contribution is 0.632. The average Bonchev–Trinajstić information content (AvgIpc) is 2.33. The molecule has 0 atom stereocenters. The Bertz CT molecular complexity index is 637. The lowest BCUT2D eigenvalue weighted by atomic mass is 10.2. The highest BCUT2D eigenvalue weighted by molar-refractivity contribution is 9.10. The number of nitrogens with zero attached hydrogens (tertiary/aromatic N) is 1. The fourth-order valence-electron chi connectivity index (χ4n) is 1.43. The third-order valence-corrected chi connectivity index (χ3v) is 3.19. The lowest BCUT2D eigenvalue weighted by Gasteiger charge is -2.08. The first-order valence-corrected chi connectivity index (χ1v) is 6.19. The molecular weight excluding hydrogens is 319 g/mol. The third kappa shape index (κ3) is 2.81. The van der Waals surface area contributed by atoms with E-state index in [9.17, 15) is 4.39 Å². The average molecular weight is 326 g/mol. The van der Waals surface area contributed by atoms with E-state index in [-0.39, 0.29) is 0 Å². The largest absolute Gasteiger partial charge is 0.353 e. The summed E-state index contributed by atoms with van der Waals surface area (Å²) in [5.41, 5.74) is 1.54. The van der Waals surface area contributed by atoms with Crippen LogP contribution in [0.5, 0.6) is 0 Å². The smallest absolute Gasteiger partial charge is 0.148 e. The molecule has 0 heterocycles. The normalized spacial score (nSPS) is 9.89. The summed E-state index contributed by atoms with van der Waals surface area (Å²) in [6.07, 6.45) is 0. The summed E-state index contributed by atoms with van der Waals surface area (Å²) in [5.74, 6) is -0.428. The fraction of sp³-hybridized carbons (Fsp3) is 0. The Morgan fingerprint density at radius 2 is 2.00 bits per heavy atom. The van der Waals surface area contributed by atoms with E-state index in [4.69, 9.17) is 16.9 Å². The molecule has 0 aliphatic carbocycles. The summed E-state index contributed by atoms with van der Waals surface area (Å²) >= 11 is 8.95. The number of hydrogen-bond acceptors (Lipinski definition) is 2. The number of hydrogen-bond donors (Lipinski definition) is 1. The van der Waals surface area contributed by atoms with Crippen LogP contribution in [0.3, 0.4) is 0 Å². The van der Waals surface area contributed by atoms with Crippen LogP contribution in [-0.2, 0) is 0 Å². The van der Waals surface area contributed by atoms with Crippen molar-refractivity contribution >= 4 is 38.9 Å². The van der Waals surface area contributed by atoms with E-state index in [1.165, 1.54) is 6.07 Å². The van der Waals surface area contributed by atoms with Crippen molar-refractivity contribution in [1.82, 2.24) is 0 Å². The topological polar surface area (TPSA) is 35.8 Å². The molecule has 0 spiro atoms. The van der Waals surface area contributed by atoms with Gasteiger partial charge in [-0.25, -0.2) is 4.39 Å². The molecule has 0 saturated carbocycles. The predicted octanol–water partition coefficient (Wildman–Crippen LogP) is 4.86. The Labute approximate surface area is 117 Å². The van der Waals surface area contributed by atoms with E-state index < -0.39 is 5.82 Å². The second-order valence-electron chi connectivity index (χ2n) is 3.56. The second-order valence-corrected chi connectivity index (χ2v) is 4.85. The van der Waals surface area contributed by atoms with Crippen LogP contribution < -0.4 is 5.32 Å². The van der Waals surface area contributed by atoms with Gasteiger partial charge in [-0.1, -0.05) is 11.6 Å². The Kier molecular flexibility index (Phi) is 3.85. The van der Waals surface area contributed by atoms with Crippen LogP contribution in [0, 0.1) is 17.1 Å². The molecule has 0 aliphatic heterocycles. The molecule has 90 valence electrons. The van der Waals surface area contributed by atoms with Gasteiger partial charge in [-0.3, -0.25) is 0 Å². The second kappa shape index (κ2) is 5.38. The molecule has 2 aromatic rings. The van der Waals surface area contributed by atoms with E-state index in [0.29, 0.717) is 26.4 Å². The lowest BCUT2D eigenvalue weighted by Crippen LogP contribution is -1.94. The molecule has 0 radical (unpaired) electrons. The summed E-state index contributed by atoms with van der Waals surface area (Å²) in [7, 11) is 0. The first-order valence-electron chi connectivity index (χ1n) is 5.02. The molecule has 0 fully saturated rings. The highest BCUT2D eigenvalue weighted by atomic mass is 79.9. The molecule has 0 saturated heterocycles. The van der Waals surface area contributed by atoms with Gasteiger partial charge in [-0.15, -0.1) is 0 Å². The van der Waals surface area contributed by atoms with Gasteiger partial charge in [0, 0.05) is 15.2 Å². The van der Waals surface area contributed by atoms with Crippen LogP contribution in [0.25, 0.3) is 0 Å². The SMILES string of the molecule is N#Cc1ccc(Nc2ccc(Cl)cc2F)cc1Br. The molecule has 0 bridgehead atoms. The number of benzene rings is 2. The van der Waals surface area contributed by atoms with Gasteiger partial charge in [0.05, 0.1) is 11.3 Å². The molecule has 2 aromatic carbocycles. The summed E-state index contributed by atoms with van der Waals surface area (Å²) in [5, 5.41) is 12.1. The quantitative estimate of drug-likeness (QED) is 0.856. The van der Waals surface area contributed by atoms with E-state index in [1.807, 2.05) is 6.07 Å². The number of nitrogens with one attached hydrogen (secondary N) is 1. The van der Waals surface area contributed by atoms with E-state index >= 15 is 0 Å². The van der Waals surface area contributed by atoms with Gasteiger partial charge < -0.3 is 5.32 Å². The highest BCUT2D eigenvalue weighted by Crippen LogP contribution is 2.26. The fourth-order valence-corrected chi connectivity index (χ4v) is 2.06. The Morgan fingerprint density at radius 1 is 1.22 bits per heavy atom. The van der Waals surface area contributed by atoms with Crippen molar-refractivity contribution in [3.8, 4) is 6.07 Å². The van der Waals surface area contributed by atoms with Crippen LogP contribution in [0.15, 0.2) is 40.9 Å². The standard InChI is InChI=1S/C13H7BrClFN2/c14-11-6-10(3-1-8(11)7-17)18-13-4-2-9(15)5-12(13)16/h1-6,18H. The van der Waals surface area contributed by atoms with E-state index in [1.54, 1.807) is 30.3 Å². The number of rotatable bonds is 2. The van der Waals surface area contributed by atoms with Gasteiger partial charge in [0.2, 0.25) is 0 Å². The summed E-state index contributed by atoms with van der Waals surface area (Å²) in [6, 6.07) is 11.5. The third-order valence-electron chi connectivity index (χ3n) is 2.30. The molecule has 1 N–H and O–H groups in total. The van der Waals surface area contributed by atoms with Crippen LogP contribution >= 0.6 is 27.5 Å². The van der Waals surface area contributed by atoms with Gasteiger partial charge in [0.1, 0.15) is 11.9 Å². The van der Waals surface area contributed by atoms with E-state index in [2.05, 4.69) is 21.2 Å². The molecule has 5 heteroatoms. The molecule has 2 rings (SSSR count). The minimum atomic E-state index is -0.428. The zero-order valence-corrected chi connectivity index (χ0v) is 11.4. The summed E-state index contributed by atoms with van der Waals surface area (Å²) in [4.78, 5) is 0. The van der Waals surface area contributed by atoms with Crippen molar-refractivity contribution in [3.05, 3.63) is 57.3 Å². The van der Waals surface area contributed by atoms with E-state index in [0.717, 1.165) is 0 Å². The van der Waals surface area contributed by atoms with Gasteiger partial charge in [0.25, 0.3) is 0 Å². The zero-order valence-electron chi connectivity index (χ0n) is 9.05. The first kappa shape index (κ1) is 12.9. The highest BCUT2D eigenvalue weighted by Gasteiger charge is 2.05. The van der Waals surface area contributed by atoms with Crippen molar-refractivity contribution in [1.29, 1.82) is 5.26 Å². The van der Waals surface area contributed by atoms with Gasteiger partial charge in [-0.2, -0.15) is 5.26 Å². The summed E-state index contributed by atoms with van der Waals surface area (Å²) < 4.78 is 14.2. The van der Waals surface area contributed by atoms with Crippen LogP contribution in [0.2, 0.25) is 5.02 Å². The molecular formula is C13H7BrClFN2. The van der Waals surface area contributed by atoms with Crippen molar-refractivity contribution in [2.24, 2.45) is 0 Å². The van der Waals surface area contributed by atoms with Crippen molar-refractivity contribution in [3.63, 3.8) is 0 Å². The van der Waals surface area contributed by atoms with Crippen molar-refractivity contribution < 1.29 is 4.39 Å².